The van der Waals surface area contributed by atoms with Gasteiger partial charge in [-0.25, -0.2) is 9.48 Å². The van der Waals surface area contributed by atoms with Crippen molar-refractivity contribution >= 4 is 34.6 Å². The molecule has 1 aromatic heterocycles. The summed E-state index contributed by atoms with van der Waals surface area (Å²) >= 11 is 0. The van der Waals surface area contributed by atoms with Gasteiger partial charge in [0.15, 0.2) is 0 Å². The minimum Gasteiger partial charge on any atom is -0.463 e. The number of aromatic nitrogens is 2. The Morgan fingerprint density at radius 1 is 1.00 bits per heavy atom. The Morgan fingerprint density at radius 2 is 1.81 bits per heavy atom. The van der Waals surface area contributed by atoms with E-state index in [0.29, 0.717) is 5.69 Å². The highest BCUT2D eigenvalue weighted by Gasteiger charge is 2.24. The van der Waals surface area contributed by atoms with Gasteiger partial charge in [0.1, 0.15) is 12.6 Å². The van der Waals surface area contributed by atoms with Crippen LogP contribution in [-0.4, -0.2) is 47.0 Å². The normalized spacial score (nSPS) is 11.6. The predicted molar refractivity (Wildman–Crippen MR) is 143 cm³/mol. The number of ether oxygens (including phenoxy) is 2. The molecule has 0 aliphatic heterocycles. The first kappa shape index (κ1) is 27.7. The highest BCUT2D eigenvalue weighted by atomic mass is 16.6. The van der Waals surface area contributed by atoms with Gasteiger partial charge in [-0.05, 0) is 56.2 Å². The van der Waals surface area contributed by atoms with E-state index in [1.54, 1.807) is 23.9 Å². The van der Waals surface area contributed by atoms with Crippen molar-refractivity contribution in [2.24, 2.45) is 0 Å². The van der Waals surface area contributed by atoms with Gasteiger partial charge < -0.3 is 20.1 Å². The lowest BCUT2D eigenvalue weighted by molar-refractivity contribution is -0.145. The Labute approximate surface area is 217 Å². The third-order valence-corrected chi connectivity index (χ3v) is 5.86. The van der Waals surface area contributed by atoms with Crippen molar-refractivity contribution in [3.8, 4) is 5.69 Å². The van der Waals surface area contributed by atoms with Gasteiger partial charge >= 0.3 is 12.1 Å². The van der Waals surface area contributed by atoms with Crippen molar-refractivity contribution in [1.29, 1.82) is 0 Å². The number of alkyl carbamates (subject to hydrolysis) is 1. The lowest BCUT2D eigenvalue weighted by atomic mass is 10.1. The summed E-state index contributed by atoms with van der Waals surface area (Å²) in [4.78, 5) is 37.3. The molecule has 0 unspecified atom stereocenters. The largest absolute Gasteiger partial charge is 0.463 e. The summed E-state index contributed by atoms with van der Waals surface area (Å²) < 4.78 is 12.0. The molecule has 2 amide bonds. The van der Waals surface area contributed by atoms with E-state index in [-0.39, 0.29) is 19.6 Å². The molecule has 0 bridgehead atoms. The van der Waals surface area contributed by atoms with Gasteiger partial charge in [-0.2, -0.15) is 5.10 Å². The third kappa shape index (κ3) is 8.34. The maximum Gasteiger partial charge on any atom is 0.407 e. The molecule has 0 saturated heterocycles. The summed E-state index contributed by atoms with van der Waals surface area (Å²) in [6, 6.07) is 12.3. The molecule has 0 aliphatic carbocycles. The van der Waals surface area contributed by atoms with E-state index in [2.05, 4.69) is 22.7 Å². The summed E-state index contributed by atoms with van der Waals surface area (Å²) in [6.45, 7) is 5.67. The zero-order valence-corrected chi connectivity index (χ0v) is 21.8. The molecule has 3 aromatic rings. The number of nitrogens with zero attached hydrogens (tertiary/aromatic N) is 2. The molecule has 198 valence electrons. The van der Waals surface area contributed by atoms with Gasteiger partial charge in [-0.15, -0.1) is 0 Å². The Morgan fingerprint density at radius 3 is 2.57 bits per heavy atom. The molecule has 2 aromatic carbocycles. The molecule has 37 heavy (non-hydrogen) atoms. The van der Waals surface area contributed by atoms with E-state index in [4.69, 9.17) is 9.47 Å². The van der Waals surface area contributed by atoms with Crippen LogP contribution in [0.2, 0.25) is 0 Å². The Bertz CT molecular complexity index is 1210. The third-order valence-electron chi connectivity index (χ3n) is 5.86. The number of hydrogen-bond donors (Lipinski definition) is 2. The number of esters is 1. The van der Waals surface area contributed by atoms with Crippen LogP contribution in [-0.2, 0) is 19.1 Å². The minimum atomic E-state index is -1.11. The Hall–Kier alpha value is -3.88. The minimum absolute atomic E-state index is 0.150. The average molecular weight is 509 g/mol. The monoisotopic (exact) mass is 508 g/mol. The maximum atomic E-state index is 13.1. The number of nitrogens with one attached hydrogen (secondary N) is 2. The van der Waals surface area contributed by atoms with Crippen molar-refractivity contribution in [3.05, 3.63) is 54.2 Å². The van der Waals surface area contributed by atoms with Gasteiger partial charge in [0.25, 0.3) is 5.91 Å². The highest BCUT2D eigenvalue weighted by molar-refractivity contribution is 5.98. The number of aryl methyl sites for hydroxylation is 1. The zero-order chi connectivity index (χ0) is 26.6. The van der Waals surface area contributed by atoms with Gasteiger partial charge in [0.2, 0.25) is 0 Å². The summed E-state index contributed by atoms with van der Waals surface area (Å²) in [5, 5.41) is 10.7. The van der Waals surface area contributed by atoms with E-state index in [0.717, 1.165) is 54.3 Å². The number of carbonyl (C=O) groups excluding carboxylic acids is 3. The van der Waals surface area contributed by atoms with Crippen LogP contribution in [0.4, 0.5) is 10.5 Å². The van der Waals surface area contributed by atoms with Crippen molar-refractivity contribution in [2.75, 3.05) is 18.5 Å². The zero-order valence-electron chi connectivity index (χ0n) is 21.8. The first-order valence-corrected chi connectivity index (χ1v) is 12.9. The second-order valence-corrected chi connectivity index (χ2v) is 8.92. The molecule has 2 N–H and O–H groups in total. The molecule has 9 nitrogen and oxygen atoms in total. The van der Waals surface area contributed by atoms with Gasteiger partial charge in [0.05, 0.1) is 24.0 Å². The van der Waals surface area contributed by atoms with Crippen LogP contribution < -0.4 is 10.6 Å². The van der Waals surface area contributed by atoms with Crippen LogP contribution in [0, 0.1) is 6.92 Å². The van der Waals surface area contributed by atoms with Crippen molar-refractivity contribution < 1.29 is 23.9 Å². The quantitative estimate of drug-likeness (QED) is 0.240. The SMILES string of the molecule is CCCCCCCC(=O)OC[C@H](NC(=O)OCC)C(=O)Nc1ccc2cnn(-c3cccc(C)c3)c2c1. The van der Waals surface area contributed by atoms with Crippen LogP contribution in [0.1, 0.15) is 57.9 Å². The van der Waals surface area contributed by atoms with Crippen molar-refractivity contribution in [1.82, 2.24) is 15.1 Å². The number of benzene rings is 2. The first-order valence-electron chi connectivity index (χ1n) is 12.9. The number of fused-ring (bicyclic) bond motifs is 1. The maximum absolute atomic E-state index is 13.1. The van der Waals surface area contributed by atoms with Gasteiger partial charge in [-0.1, -0.05) is 44.7 Å². The van der Waals surface area contributed by atoms with Gasteiger partial charge in [-0.3, -0.25) is 9.59 Å². The fraction of sp³-hybridized carbons (Fsp3) is 0.429. The molecular formula is C28H36N4O5. The topological polar surface area (TPSA) is 112 Å². The van der Waals surface area contributed by atoms with Crippen molar-refractivity contribution in [2.45, 2.75) is 65.3 Å². The van der Waals surface area contributed by atoms with Crippen LogP contribution in [0.15, 0.2) is 48.7 Å². The molecule has 1 atom stereocenters. The summed E-state index contributed by atoms with van der Waals surface area (Å²) in [6.07, 6.45) is 6.30. The number of amides is 2. The summed E-state index contributed by atoms with van der Waals surface area (Å²) in [5.74, 6) is -0.923. The molecule has 1 heterocycles. The van der Waals surface area contributed by atoms with Gasteiger partial charge in [0, 0.05) is 17.5 Å². The molecule has 0 aliphatic rings. The molecule has 0 spiro atoms. The molecule has 9 heteroatoms. The lowest BCUT2D eigenvalue weighted by Crippen LogP contribution is -2.47. The molecule has 3 rings (SSSR count). The molecule has 0 fully saturated rings. The van der Waals surface area contributed by atoms with Crippen molar-refractivity contribution in [3.63, 3.8) is 0 Å². The van der Waals surface area contributed by atoms with E-state index >= 15 is 0 Å². The predicted octanol–water partition coefficient (Wildman–Crippen LogP) is 5.29. The van der Waals surface area contributed by atoms with E-state index < -0.39 is 24.0 Å². The average Bonchev–Trinajstić information content (AvgIpc) is 3.30. The van der Waals surface area contributed by atoms with E-state index in [9.17, 15) is 14.4 Å². The molecular weight excluding hydrogens is 472 g/mol. The molecule has 0 saturated carbocycles. The lowest BCUT2D eigenvalue weighted by Gasteiger charge is -2.18. The number of anilines is 1. The van der Waals surface area contributed by atoms with E-state index in [1.807, 2.05) is 43.3 Å². The van der Waals surface area contributed by atoms with Crippen LogP contribution in [0.25, 0.3) is 16.6 Å². The standard InChI is InChI=1S/C28H36N4O5/c1-4-6-7-8-9-13-26(33)37-19-24(31-28(35)36-5-2)27(34)30-22-15-14-21-18-29-32(25(21)17-22)23-12-10-11-20(3)16-23/h10-12,14-18,24H,4-9,13,19H2,1-3H3,(H,30,34)(H,31,35)/t24-/m0/s1. The second kappa shape index (κ2) is 14.0. The Kier molecular flexibility index (Phi) is 10.5. The number of hydrogen-bond acceptors (Lipinski definition) is 6. The number of rotatable bonds is 13. The van der Waals surface area contributed by atoms with Crippen LogP contribution in [0.3, 0.4) is 0 Å². The number of carbonyl (C=O) groups is 3. The summed E-state index contributed by atoms with van der Waals surface area (Å²) in [7, 11) is 0. The van der Waals surface area contributed by atoms with Crippen LogP contribution in [0.5, 0.6) is 0 Å². The molecule has 0 radical (unpaired) electrons. The number of unbranched alkanes of at least 4 members (excludes halogenated alkanes) is 4. The highest BCUT2D eigenvalue weighted by Crippen LogP contribution is 2.23. The fourth-order valence-corrected chi connectivity index (χ4v) is 3.91. The second-order valence-electron chi connectivity index (χ2n) is 8.92. The van der Waals surface area contributed by atoms with E-state index in [1.165, 1.54) is 0 Å². The Balaban J connectivity index is 1.68. The van der Waals surface area contributed by atoms with Crippen LogP contribution >= 0.6 is 0 Å². The first-order chi connectivity index (χ1) is 17.9. The fourth-order valence-electron chi connectivity index (χ4n) is 3.91. The summed E-state index contributed by atoms with van der Waals surface area (Å²) in [5.41, 5.74) is 3.34. The smallest absolute Gasteiger partial charge is 0.407 e.